The molecule has 0 aromatic rings. The number of unbranched alkanes of at least 4 members (excludes halogenated alkanes) is 2. The molecular formula is C21H42N2S2. The Kier molecular flexibility index (Phi) is 13.3. The lowest BCUT2D eigenvalue weighted by atomic mass is 9.96. The minimum atomic E-state index is 0.842. The van der Waals surface area contributed by atoms with E-state index in [0.29, 0.717) is 0 Å². The Labute approximate surface area is 167 Å². The molecule has 0 amide bonds. The third kappa shape index (κ3) is 9.63. The summed E-state index contributed by atoms with van der Waals surface area (Å²) in [6.07, 6.45) is 12.0. The molecule has 0 aromatic carbocycles. The van der Waals surface area contributed by atoms with Crippen LogP contribution in [0.15, 0.2) is 0 Å². The van der Waals surface area contributed by atoms with Crippen molar-refractivity contribution in [3.63, 3.8) is 0 Å². The van der Waals surface area contributed by atoms with Gasteiger partial charge in [-0.3, -0.25) is 4.90 Å². The van der Waals surface area contributed by atoms with Crippen molar-refractivity contribution in [2.75, 3.05) is 32.1 Å². The Morgan fingerprint density at radius 2 is 1.56 bits per heavy atom. The average molecular weight is 387 g/mol. The highest BCUT2D eigenvalue weighted by Crippen LogP contribution is 2.22. The van der Waals surface area contributed by atoms with E-state index >= 15 is 0 Å². The fraction of sp³-hybridized carbons (Fsp3) is 0.952. The summed E-state index contributed by atoms with van der Waals surface area (Å²) < 4.78 is 1.12. The van der Waals surface area contributed by atoms with E-state index in [0.717, 1.165) is 29.4 Å². The summed E-state index contributed by atoms with van der Waals surface area (Å²) in [5.41, 5.74) is 0. The molecule has 0 aliphatic carbocycles. The van der Waals surface area contributed by atoms with Gasteiger partial charge in [0.25, 0.3) is 0 Å². The highest BCUT2D eigenvalue weighted by Gasteiger charge is 2.22. The predicted molar refractivity (Wildman–Crippen MR) is 119 cm³/mol. The summed E-state index contributed by atoms with van der Waals surface area (Å²) >= 11 is 7.51. The van der Waals surface area contributed by atoms with Gasteiger partial charge in [0.05, 0.1) is 6.67 Å². The fourth-order valence-corrected chi connectivity index (χ4v) is 4.90. The summed E-state index contributed by atoms with van der Waals surface area (Å²) in [4.78, 5) is 5.20. The van der Waals surface area contributed by atoms with Crippen LogP contribution in [0.5, 0.6) is 0 Å². The van der Waals surface area contributed by atoms with E-state index in [1.165, 1.54) is 76.6 Å². The van der Waals surface area contributed by atoms with Crippen LogP contribution in [0.3, 0.4) is 0 Å². The molecule has 0 spiro atoms. The van der Waals surface area contributed by atoms with Gasteiger partial charge in [-0.25, -0.2) is 0 Å². The molecule has 25 heavy (non-hydrogen) atoms. The fourth-order valence-electron chi connectivity index (χ4n) is 3.72. The van der Waals surface area contributed by atoms with Crippen molar-refractivity contribution in [2.24, 2.45) is 11.8 Å². The van der Waals surface area contributed by atoms with Crippen LogP contribution in [-0.4, -0.2) is 46.2 Å². The van der Waals surface area contributed by atoms with Crippen molar-refractivity contribution >= 4 is 28.3 Å². The number of thioether (sulfide) groups is 1. The Bertz CT molecular complexity index is 331. The van der Waals surface area contributed by atoms with Crippen LogP contribution >= 0.6 is 24.0 Å². The number of hydrogen-bond donors (Lipinski definition) is 0. The molecule has 0 bridgehead atoms. The third-order valence-electron chi connectivity index (χ3n) is 5.55. The highest BCUT2D eigenvalue weighted by atomic mass is 32.2. The van der Waals surface area contributed by atoms with Gasteiger partial charge in [0.1, 0.15) is 4.32 Å². The molecule has 1 aliphatic rings. The second-order valence-corrected chi connectivity index (χ2v) is 9.47. The highest BCUT2D eigenvalue weighted by molar-refractivity contribution is 8.22. The van der Waals surface area contributed by atoms with Gasteiger partial charge in [-0.1, -0.05) is 90.2 Å². The first-order valence-electron chi connectivity index (χ1n) is 10.8. The average Bonchev–Trinajstić information content (AvgIpc) is 2.63. The van der Waals surface area contributed by atoms with Crippen molar-refractivity contribution in [3.8, 4) is 0 Å². The van der Waals surface area contributed by atoms with E-state index in [9.17, 15) is 0 Å². The van der Waals surface area contributed by atoms with Crippen molar-refractivity contribution in [1.82, 2.24) is 9.80 Å². The van der Waals surface area contributed by atoms with Crippen LogP contribution in [0.1, 0.15) is 85.5 Å². The van der Waals surface area contributed by atoms with Crippen LogP contribution in [0, 0.1) is 11.8 Å². The van der Waals surface area contributed by atoms with Crippen molar-refractivity contribution in [3.05, 3.63) is 0 Å². The summed E-state index contributed by atoms with van der Waals surface area (Å²) in [5.74, 6) is 2.89. The zero-order valence-electron chi connectivity index (χ0n) is 17.3. The predicted octanol–water partition coefficient (Wildman–Crippen LogP) is 6.40. The van der Waals surface area contributed by atoms with Crippen molar-refractivity contribution < 1.29 is 0 Å². The maximum atomic E-state index is 5.63. The first-order chi connectivity index (χ1) is 12.1. The van der Waals surface area contributed by atoms with Crippen molar-refractivity contribution in [2.45, 2.75) is 85.5 Å². The quantitative estimate of drug-likeness (QED) is 0.318. The van der Waals surface area contributed by atoms with Gasteiger partial charge in [0, 0.05) is 25.4 Å². The third-order valence-corrected chi connectivity index (χ3v) is 7.16. The Hall–Kier alpha value is 0.200. The van der Waals surface area contributed by atoms with Gasteiger partial charge >= 0.3 is 0 Å². The molecule has 2 nitrogen and oxygen atoms in total. The molecule has 0 saturated carbocycles. The second-order valence-electron chi connectivity index (χ2n) is 7.74. The molecule has 1 fully saturated rings. The van der Waals surface area contributed by atoms with E-state index in [2.05, 4.69) is 37.5 Å². The Morgan fingerprint density at radius 1 is 1.00 bits per heavy atom. The summed E-state index contributed by atoms with van der Waals surface area (Å²) in [5, 5.41) is 0. The van der Waals surface area contributed by atoms with E-state index in [-0.39, 0.29) is 0 Å². The van der Waals surface area contributed by atoms with Gasteiger partial charge in [-0.2, -0.15) is 0 Å². The van der Waals surface area contributed by atoms with Crippen LogP contribution < -0.4 is 0 Å². The molecule has 0 N–H and O–H groups in total. The molecule has 1 aliphatic heterocycles. The topological polar surface area (TPSA) is 6.48 Å². The zero-order valence-corrected chi connectivity index (χ0v) is 18.9. The molecule has 2 unspecified atom stereocenters. The molecule has 2 atom stereocenters. The molecule has 1 rings (SSSR count). The summed E-state index contributed by atoms with van der Waals surface area (Å²) in [6, 6.07) is 0. The zero-order chi connectivity index (χ0) is 18.5. The van der Waals surface area contributed by atoms with Gasteiger partial charge in [-0.15, -0.1) is 0 Å². The van der Waals surface area contributed by atoms with E-state index < -0.39 is 0 Å². The maximum absolute atomic E-state index is 5.63. The minimum Gasteiger partial charge on any atom is -0.344 e. The molecular weight excluding hydrogens is 344 g/mol. The van der Waals surface area contributed by atoms with Crippen LogP contribution in [-0.2, 0) is 0 Å². The standard InChI is InChI=1S/C21H42N2S2/c1-5-9-12-19(7-3)16-22(17-20(8-4)13-10-6-2)18-23-14-11-15-25-21(23)24/h19-20H,5-18H2,1-4H3. The largest absolute Gasteiger partial charge is 0.344 e. The molecule has 1 saturated heterocycles. The van der Waals surface area contributed by atoms with Crippen LogP contribution in [0.2, 0.25) is 0 Å². The van der Waals surface area contributed by atoms with Gasteiger partial charge in [0.15, 0.2) is 0 Å². The molecule has 148 valence electrons. The summed E-state index contributed by atoms with van der Waals surface area (Å²) in [7, 11) is 0. The first kappa shape index (κ1) is 23.2. The molecule has 1 heterocycles. The molecule has 4 heteroatoms. The number of hydrogen-bond acceptors (Lipinski definition) is 3. The molecule has 0 radical (unpaired) electrons. The lowest BCUT2D eigenvalue weighted by Gasteiger charge is -2.37. The number of rotatable bonds is 14. The maximum Gasteiger partial charge on any atom is 0.137 e. The van der Waals surface area contributed by atoms with E-state index in [1.807, 2.05) is 11.8 Å². The van der Waals surface area contributed by atoms with Crippen LogP contribution in [0.4, 0.5) is 0 Å². The lowest BCUT2D eigenvalue weighted by molar-refractivity contribution is 0.131. The normalized spacial score (nSPS) is 18.0. The second kappa shape index (κ2) is 14.3. The SMILES string of the molecule is CCCCC(CC)CN(CC(CC)CCCC)CN1CCCSC1=S. The minimum absolute atomic E-state index is 0.842. The lowest BCUT2D eigenvalue weighted by Crippen LogP contribution is -2.45. The van der Waals surface area contributed by atoms with Gasteiger partial charge in [-0.05, 0) is 31.1 Å². The number of nitrogens with zero attached hydrogens (tertiary/aromatic N) is 2. The Balaban J connectivity index is 2.67. The van der Waals surface area contributed by atoms with Gasteiger partial charge in [0.2, 0.25) is 0 Å². The smallest absolute Gasteiger partial charge is 0.137 e. The summed E-state index contributed by atoms with van der Waals surface area (Å²) in [6.45, 7) is 14.1. The van der Waals surface area contributed by atoms with Crippen molar-refractivity contribution in [1.29, 1.82) is 0 Å². The Morgan fingerprint density at radius 3 is 2.00 bits per heavy atom. The van der Waals surface area contributed by atoms with E-state index in [4.69, 9.17) is 12.2 Å². The first-order valence-corrected chi connectivity index (χ1v) is 12.2. The van der Waals surface area contributed by atoms with E-state index in [1.54, 1.807) is 0 Å². The monoisotopic (exact) mass is 386 g/mol. The number of thiocarbonyl (C=S) groups is 1. The van der Waals surface area contributed by atoms with Crippen LogP contribution in [0.25, 0.3) is 0 Å². The molecule has 0 aromatic heterocycles. The van der Waals surface area contributed by atoms with Gasteiger partial charge < -0.3 is 4.90 Å².